The zero-order valence-corrected chi connectivity index (χ0v) is 21.2. The van der Waals surface area contributed by atoms with E-state index in [9.17, 15) is 9.59 Å². The predicted octanol–water partition coefficient (Wildman–Crippen LogP) is 9.44. The first-order valence-corrected chi connectivity index (χ1v) is 10.8. The maximum absolute atomic E-state index is 12.4. The summed E-state index contributed by atoms with van der Waals surface area (Å²) in [4.78, 5) is 24.9. The second-order valence-electron chi connectivity index (χ2n) is 4.57. The summed E-state index contributed by atoms with van der Waals surface area (Å²) in [6.45, 7) is 0. The summed E-state index contributed by atoms with van der Waals surface area (Å²) >= 11 is 54.1. The molecule has 0 radical (unpaired) electrons. The molecule has 2 aromatic carbocycles. The fourth-order valence-electron chi connectivity index (χ4n) is 1.75. The summed E-state index contributed by atoms with van der Waals surface area (Å²) in [5.41, 5.74) is -0.849. The van der Waals surface area contributed by atoms with Crippen molar-refractivity contribution >= 4 is 137 Å². The molecule has 2 aromatic rings. The highest BCUT2D eigenvalue weighted by atomic mass is 79.9. The summed E-state index contributed by atoms with van der Waals surface area (Å²) in [7, 11) is 0. The summed E-state index contributed by atoms with van der Waals surface area (Å²) in [6, 6.07) is 0. The van der Waals surface area contributed by atoms with Crippen molar-refractivity contribution in [1.29, 1.82) is 0 Å². The number of ether oxygens (including phenoxy) is 1. The fraction of sp³-hybridized carbons (Fsp3) is 0. The van der Waals surface area contributed by atoms with Crippen LogP contribution in [0, 0.1) is 0 Å². The van der Waals surface area contributed by atoms with Crippen molar-refractivity contribution in [3.05, 3.63) is 60.3 Å². The Labute approximate surface area is 209 Å². The number of benzene rings is 2. The molecule has 0 saturated heterocycles. The smallest absolute Gasteiger partial charge is 0.349 e. The van der Waals surface area contributed by atoms with Crippen LogP contribution in [-0.2, 0) is 4.74 Å². The van der Waals surface area contributed by atoms with Crippen LogP contribution in [0.3, 0.4) is 0 Å². The van der Waals surface area contributed by atoms with Gasteiger partial charge in [0.25, 0.3) is 0 Å². The molecule has 27 heavy (non-hydrogen) atoms. The third-order valence-corrected chi connectivity index (χ3v) is 8.92. The van der Waals surface area contributed by atoms with E-state index in [1.165, 1.54) is 0 Å². The molecule has 0 amide bonds. The second-order valence-corrected chi connectivity index (χ2v) is 9.18. The van der Waals surface area contributed by atoms with Gasteiger partial charge in [0.15, 0.2) is 0 Å². The molecule has 0 aromatic heterocycles. The highest BCUT2D eigenvalue weighted by molar-refractivity contribution is 9.11. The molecule has 0 atom stereocenters. The van der Waals surface area contributed by atoms with Gasteiger partial charge in [0.1, 0.15) is 11.1 Å². The van der Waals surface area contributed by atoms with Crippen LogP contribution in [0.15, 0.2) is 8.95 Å². The van der Waals surface area contributed by atoms with Gasteiger partial charge >= 0.3 is 11.9 Å². The van der Waals surface area contributed by atoms with Crippen LogP contribution in [-0.4, -0.2) is 11.9 Å². The van der Waals surface area contributed by atoms with Gasteiger partial charge in [-0.3, -0.25) is 0 Å². The van der Waals surface area contributed by atoms with E-state index in [0.717, 1.165) is 0 Å². The lowest BCUT2D eigenvalue weighted by atomic mass is 10.2. The fourth-order valence-corrected chi connectivity index (χ4v) is 5.02. The van der Waals surface area contributed by atoms with Gasteiger partial charge in [-0.15, -0.1) is 0 Å². The van der Waals surface area contributed by atoms with Gasteiger partial charge in [0, 0.05) is 0 Å². The van der Waals surface area contributed by atoms with E-state index in [2.05, 4.69) is 31.9 Å². The Morgan fingerprint density at radius 3 is 0.963 bits per heavy atom. The van der Waals surface area contributed by atoms with Crippen molar-refractivity contribution in [2.24, 2.45) is 0 Å². The lowest BCUT2D eigenvalue weighted by molar-refractivity contribution is 0.0398. The molecule has 0 N–H and O–H groups in total. The Morgan fingerprint density at radius 1 is 0.519 bits per heavy atom. The van der Waals surface area contributed by atoms with Gasteiger partial charge in [-0.25, -0.2) is 9.59 Å². The number of rotatable bonds is 2. The monoisotopic (exact) mass is 654 g/mol. The molecule has 0 spiro atoms. The summed E-state index contributed by atoms with van der Waals surface area (Å²) in [5, 5.41) is -1.51. The van der Waals surface area contributed by atoms with Crippen molar-refractivity contribution in [2.75, 3.05) is 0 Å². The van der Waals surface area contributed by atoms with Gasteiger partial charge in [-0.1, -0.05) is 92.8 Å². The lowest BCUT2D eigenvalue weighted by Crippen LogP contribution is -2.15. The summed E-state index contributed by atoms with van der Waals surface area (Å²) in [6.07, 6.45) is 0. The molecule has 0 unspecified atom stereocenters. The second kappa shape index (κ2) is 9.34. The number of hydrogen-bond acceptors (Lipinski definition) is 3. The minimum absolute atomic E-state index is 0.101. The average Bonchev–Trinajstić information content (AvgIpc) is 2.61. The minimum atomic E-state index is -1.24. The molecule has 13 heteroatoms. The number of hydrogen-bond donors (Lipinski definition) is 0. The van der Waals surface area contributed by atoms with Crippen LogP contribution in [0.2, 0.25) is 40.2 Å². The quantitative estimate of drug-likeness (QED) is 0.140. The lowest BCUT2D eigenvalue weighted by Gasteiger charge is -2.13. The van der Waals surface area contributed by atoms with Crippen LogP contribution >= 0.6 is 125 Å². The molecule has 0 fully saturated rings. The topological polar surface area (TPSA) is 43.4 Å². The molecule has 3 nitrogen and oxygen atoms in total. The predicted molar refractivity (Wildman–Crippen MR) is 118 cm³/mol. The maximum atomic E-state index is 12.4. The number of halogens is 10. The minimum Gasteiger partial charge on any atom is -0.386 e. The van der Waals surface area contributed by atoms with E-state index < -0.39 is 23.1 Å². The van der Waals surface area contributed by atoms with E-state index in [-0.39, 0.29) is 49.1 Å². The van der Waals surface area contributed by atoms with Gasteiger partial charge < -0.3 is 4.74 Å². The Kier molecular flexibility index (Phi) is 8.35. The standard InChI is InChI=1S/C14Br2Cl8O3/c15-3-9(21)5(17)1(6(18)10(3)22)13(25)27-14(26)2-7(19)11(23)4(16)12(24)8(2)20. The summed E-state index contributed by atoms with van der Waals surface area (Å²) < 4.78 is 5.10. The SMILES string of the molecule is O=C(OC(=O)c1c(Cl)c(Cl)c(Br)c(Cl)c1Cl)c1c(Cl)c(Cl)c(Br)c(Cl)c1Cl. The molecule has 0 aliphatic heterocycles. The van der Waals surface area contributed by atoms with Crippen LogP contribution in [0.4, 0.5) is 0 Å². The van der Waals surface area contributed by atoms with Gasteiger partial charge in [0.2, 0.25) is 0 Å². The molecular weight excluding hydrogens is 660 g/mol. The largest absolute Gasteiger partial charge is 0.386 e. The Balaban J connectivity index is 2.52. The van der Waals surface area contributed by atoms with Crippen LogP contribution in [0.25, 0.3) is 0 Å². The van der Waals surface area contributed by atoms with Gasteiger partial charge in [0.05, 0.1) is 49.1 Å². The molecule has 0 heterocycles. The Morgan fingerprint density at radius 2 is 0.741 bits per heavy atom. The zero-order valence-electron chi connectivity index (χ0n) is 12.0. The van der Waals surface area contributed by atoms with E-state index in [1.54, 1.807) is 0 Å². The van der Waals surface area contributed by atoms with Crippen LogP contribution in [0.5, 0.6) is 0 Å². The molecular formula is C14Br2Cl8O3. The first-order valence-electron chi connectivity index (χ1n) is 6.21. The van der Waals surface area contributed by atoms with Crippen LogP contribution in [0.1, 0.15) is 20.7 Å². The van der Waals surface area contributed by atoms with E-state index in [0.29, 0.717) is 0 Å². The molecule has 0 aliphatic rings. The van der Waals surface area contributed by atoms with E-state index in [1.807, 2.05) is 0 Å². The van der Waals surface area contributed by atoms with Crippen molar-refractivity contribution in [3.63, 3.8) is 0 Å². The Hall–Kier alpha value is 0.860. The van der Waals surface area contributed by atoms with Crippen molar-refractivity contribution in [3.8, 4) is 0 Å². The average molecular weight is 660 g/mol. The van der Waals surface area contributed by atoms with Gasteiger partial charge in [-0.05, 0) is 31.9 Å². The van der Waals surface area contributed by atoms with Gasteiger partial charge in [-0.2, -0.15) is 0 Å². The van der Waals surface area contributed by atoms with Crippen molar-refractivity contribution < 1.29 is 14.3 Å². The third-order valence-electron chi connectivity index (χ3n) is 3.01. The number of carbonyl (C=O) groups is 2. The highest BCUT2D eigenvalue weighted by Crippen LogP contribution is 2.46. The van der Waals surface area contributed by atoms with Crippen molar-refractivity contribution in [1.82, 2.24) is 0 Å². The molecule has 0 saturated carbocycles. The maximum Gasteiger partial charge on any atom is 0.349 e. The third kappa shape index (κ3) is 4.48. The van der Waals surface area contributed by atoms with E-state index in [4.69, 9.17) is 97.5 Å². The summed E-state index contributed by atoms with van der Waals surface area (Å²) in [5.74, 6) is -2.48. The highest BCUT2D eigenvalue weighted by Gasteiger charge is 2.30. The Bertz CT molecular complexity index is 871. The number of carbonyl (C=O) groups excluding carboxylic acids is 2. The molecule has 2 rings (SSSR count). The van der Waals surface area contributed by atoms with Crippen LogP contribution < -0.4 is 0 Å². The normalized spacial score (nSPS) is 10.9. The zero-order chi connectivity index (χ0) is 20.8. The van der Waals surface area contributed by atoms with E-state index >= 15 is 0 Å². The molecule has 0 aliphatic carbocycles. The first kappa shape index (κ1) is 24.1. The number of esters is 2. The molecule has 144 valence electrons. The van der Waals surface area contributed by atoms with Crippen molar-refractivity contribution in [2.45, 2.75) is 0 Å². The molecule has 0 bridgehead atoms. The first-order chi connectivity index (χ1) is 12.4.